The lowest BCUT2D eigenvalue weighted by Crippen LogP contribution is -2.34. The lowest BCUT2D eigenvalue weighted by molar-refractivity contribution is 0.252. The Hall–Kier alpha value is -0.980. The Kier molecular flexibility index (Phi) is 5.71. The second-order valence-corrected chi connectivity index (χ2v) is 5.87. The SMILES string of the molecule is CCCCN(CCO)S(=O)(=O)c1ccc(F)cc1. The number of benzene rings is 1. The molecule has 0 spiro atoms. The normalized spacial score (nSPS) is 12.0. The van der Waals surface area contributed by atoms with Gasteiger partial charge in [-0.15, -0.1) is 0 Å². The second-order valence-electron chi connectivity index (χ2n) is 3.94. The fourth-order valence-corrected chi connectivity index (χ4v) is 3.02. The first-order chi connectivity index (χ1) is 8.52. The van der Waals surface area contributed by atoms with E-state index in [2.05, 4.69) is 0 Å². The molecule has 0 aliphatic carbocycles. The van der Waals surface area contributed by atoms with Gasteiger partial charge in [0.2, 0.25) is 10.0 Å². The number of halogens is 1. The molecule has 1 aromatic rings. The number of unbranched alkanes of at least 4 members (excludes halogenated alkanes) is 1. The molecule has 0 aromatic heterocycles. The van der Waals surface area contributed by atoms with E-state index in [0.29, 0.717) is 6.54 Å². The third-order valence-electron chi connectivity index (χ3n) is 2.56. The molecule has 0 aliphatic rings. The number of aliphatic hydroxyl groups is 1. The van der Waals surface area contributed by atoms with E-state index in [9.17, 15) is 12.8 Å². The second kappa shape index (κ2) is 6.82. The minimum absolute atomic E-state index is 0.0495. The van der Waals surface area contributed by atoms with Crippen LogP contribution < -0.4 is 0 Å². The van der Waals surface area contributed by atoms with Crippen molar-refractivity contribution < 1.29 is 17.9 Å². The molecule has 0 saturated heterocycles. The molecule has 1 N–H and O–H groups in total. The van der Waals surface area contributed by atoms with E-state index in [1.54, 1.807) is 0 Å². The number of hydrogen-bond acceptors (Lipinski definition) is 3. The van der Waals surface area contributed by atoms with Crippen LogP contribution in [0.2, 0.25) is 0 Å². The zero-order valence-electron chi connectivity index (χ0n) is 10.3. The Labute approximate surface area is 107 Å². The summed E-state index contributed by atoms with van der Waals surface area (Å²) in [6.45, 7) is 2.14. The molecule has 0 saturated carbocycles. The van der Waals surface area contributed by atoms with Gasteiger partial charge >= 0.3 is 0 Å². The van der Waals surface area contributed by atoms with Crippen molar-refractivity contribution in [3.63, 3.8) is 0 Å². The molecule has 6 heteroatoms. The van der Waals surface area contributed by atoms with Gasteiger partial charge in [-0.2, -0.15) is 4.31 Å². The first-order valence-electron chi connectivity index (χ1n) is 5.89. The van der Waals surface area contributed by atoms with Crippen LogP contribution in [0.3, 0.4) is 0 Å². The van der Waals surface area contributed by atoms with Crippen molar-refractivity contribution in [2.45, 2.75) is 24.7 Å². The Morgan fingerprint density at radius 2 is 1.83 bits per heavy atom. The lowest BCUT2D eigenvalue weighted by Gasteiger charge is -2.21. The summed E-state index contributed by atoms with van der Waals surface area (Å²) >= 11 is 0. The summed E-state index contributed by atoms with van der Waals surface area (Å²) in [6, 6.07) is 4.70. The van der Waals surface area contributed by atoms with Crippen LogP contribution in [0, 0.1) is 5.82 Å². The molecule has 0 unspecified atom stereocenters. The average molecular weight is 275 g/mol. The Balaban J connectivity index is 2.96. The fraction of sp³-hybridized carbons (Fsp3) is 0.500. The van der Waals surface area contributed by atoms with Crippen molar-refractivity contribution >= 4 is 10.0 Å². The number of rotatable bonds is 7. The smallest absolute Gasteiger partial charge is 0.243 e. The first-order valence-corrected chi connectivity index (χ1v) is 7.33. The molecular weight excluding hydrogens is 257 g/mol. The zero-order valence-corrected chi connectivity index (χ0v) is 11.2. The van der Waals surface area contributed by atoms with Crippen LogP contribution in [0.4, 0.5) is 4.39 Å². The standard InChI is InChI=1S/C12H18FNO3S/c1-2-3-8-14(9-10-15)18(16,17)12-6-4-11(13)5-7-12/h4-7,15H,2-3,8-10H2,1H3. The van der Waals surface area contributed by atoms with Crippen LogP contribution in [-0.2, 0) is 10.0 Å². The van der Waals surface area contributed by atoms with Gasteiger partial charge in [-0.25, -0.2) is 12.8 Å². The van der Waals surface area contributed by atoms with E-state index < -0.39 is 15.8 Å². The van der Waals surface area contributed by atoms with E-state index in [4.69, 9.17) is 5.11 Å². The monoisotopic (exact) mass is 275 g/mol. The quantitative estimate of drug-likeness (QED) is 0.822. The molecule has 4 nitrogen and oxygen atoms in total. The van der Waals surface area contributed by atoms with E-state index in [1.807, 2.05) is 6.92 Å². The fourth-order valence-electron chi connectivity index (χ4n) is 1.55. The molecule has 102 valence electrons. The number of nitrogens with zero attached hydrogens (tertiary/aromatic N) is 1. The Bertz CT molecular complexity index is 459. The topological polar surface area (TPSA) is 57.6 Å². The molecule has 0 aliphatic heterocycles. The summed E-state index contributed by atoms with van der Waals surface area (Å²) in [5.41, 5.74) is 0. The predicted octanol–water partition coefficient (Wildman–Crippen LogP) is 1.61. The van der Waals surface area contributed by atoms with Gasteiger partial charge in [-0.1, -0.05) is 13.3 Å². The molecule has 0 atom stereocenters. The zero-order chi connectivity index (χ0) is 13.6. The van der Waals surface area contributed by atoms with Crippen LogP contribution in [-0.4, -0.2) is 37.5 Å². The molecule has 0 radical (unpaired) electrons. The van der Waals surface area contributed by atoms with Crippen LogP contribution in [0.5, 0.6) is 0 Å². The highest BCUT2D eigenvalue weighted by Crippen LogP contribution is 2.16. The van der Waals surface area contributed by atoms with Gasteiger partial charge in [0.1, 0.15) is 5.82 Å². The summed E-state index contributed by atoms with van der Waals surface area (Å²) in [4.78, 5) is 0.0495. The highest BCUT2D eigenvalue weighted by molar-refractivity contribution is 7.89. The van der Waals surface area contributed by atoms with Crippen molar-refractivity contribution in [2.24, 2.45) is 0 Å². The average Bonchev–Trinajstić information content (AvgIpc) is 2.35. The predicted molar refractivity (Wildman–Crippen MR) is 67.2 cm³/mol. The summed E-state index contributed by atoms with van der Waals surface area (Å²) in [5.74, 6) is -0.476. The third kappa shape index (κ3) is 3.76. The van der Waals surface area contributed by atoms with Gasteiger partial charge in [-0.3, -0.25) is 0 Å². The summed E-state index contributed by atoms with van der Waals surface area (Å²) < 4.78 is 38.5. The summed E-state index contributed by atoms with van der Waals surface area (Å²) in [6.07, 6.45) is 1.58. The molecule has 18 heavy (non-hydrogen) atoms. The van der Waals surface area contributed by atoms with Crippen molar-refractivity contribution in [2.75, 3.05) is 19.7 Å². The highest BCUT2D eigenvalue weighted by Gasteiger charge is 2.23. The van der Waals surface area contributed by atoms with Gasteiger partial charge < -0.3 is 5.11 Å². The van der Waals surface area contributed by atoms with E-state index in [0.717, 1.165) is 25.0 Å². The molecule has 0 amide bonds. The first kappa shape index (κ1) is 15.1. The van der Waals surface area contributed by atoms with Crippen LogP contribution in [0.25, 0.3) is 0 Å². The van der Waals surface area contributed by atoms with Crippen molar-refractivity contribution in [3.05, 3.63) is 30.1 Å². The Morgan fingerprint density at radius 3 is 2.33 bits per heavy atom. The van der Waals surface area contributed by atoms with E-state index in [-0.39, 0.29) is 18.0 Å². The minimum atomic E-state index is -3.65. The van der Waals surface area contributed by atoms with Crippen molar-refractivity contribution in [3.8, 4) is 0 Å². The Morgan fingerprint density at radius 1 is 1.22 bits per heavy atom. The lowest BCUT2D eigenvalue weighted by atomic mass is 10.3. The third-order valence-corrected chi connectivity index (χ3v) is 4.47. The largest absolute Gasteiger partial charge is 0.395 e. The van der Waals surface area contributed by atoms with Gasteiger partial charge in [0, 0.05) is 13.1 Å². The van der Waals surface area contributed by atoms with E-state index in [1.165, 1.54) is 16.4 Å². The van der Waals surface area contributed by atoms with Crippen LogP contribution in [0.15, 0.2) is 29.2 Å². The molecule has 0 heterocycles. The number of aliphatic hydroxyl groups excluding tert-OH is 1. The van der Waals surface area contributed by atoms with Crippen molar-refractivity contribution in [1.29, 1.82) is 0 Å². The molecule has 0 bridgehead atoms. The van der Waals surface area contributed by atoms with Gasteiger partial charge in [0.15, 0.2) is 0 Å². The number of sulfonamides is 1. The maximum absolute atomic E-state index is 12.8. The van der Waals surface area contributed by atoms with Gasteiger partial charge in [0.25, 0.3) is 0 Å². The minimum Gasteiger partial charge on any atom is -0.395 e. The molecule has 0 fully saturated rings. The molecular formula is C12H18FNO3S. The number of hydrogen-bond donors (Lipinski definition) is 1. The molecule has 1 aromatic carbocycles. The summed E-state index contributed by atoms with van der Waals surface area (Å²) in [5, 5.41) is 8.92. The van der Waals surface area contributed by atoms with Crippen LogP contribution >= 0.6 is 0 Å². The van der Waals surface area contributed by atoms with E-state index >= 15 is 0 Å². The van der Waals surface area contributed by atoms with Gasteiger partial charge in [0.05, 0.1) is 11.5 Å². The van der Waals surface area contributed by atoms with Gasteiger partial charge in [-0.05, 0) is 30.7 Å². The molecule has 1 rings (SSSR count). The van der Waals surface area contributed by atoms with Crippen molar-refractivity contribution in [1.82, 2.24) is 4.31 Å². The summed E-state index contributed by atoms with van der Waals surface area (Å²) in [7, 11) is -3.65. The maximum Gasteiger partial charge on any atom is 0.243 e. The highest BCUT2D eigenvalue weighted by atomic mass is 32.2. The van der Waals surface area contributed by atoms with Crippen LogP contribution in [0.1, 0.15) is 19.8 Å². The maximum atomic E-state index is 12.8.